The number of nitro groups is 1. The van der Waals surface area contributed by atoms with Crippen molar-refractivity contribution in [3.05, 3.63) is 38.9 Å². The van der Waals surface area contributed by atoms with Crippen LogP contribution in [-0.4, -0.2) is 27.8 Å². The summed E-state index contributed by atoms with van der Waals surface area (Å²) in [6.45, 7) is 7.48. The van der Waals surface area contributed by atoms with Crippen LogP contribution in [0, 0.1) is 10.1 Å². The Kier molecular flexibility index (Phi) is 4.89. The first-order valence-corrected chi connectivity index (χ1v) is 6.40. The van der Waals surface area contributed by atoms with Crippen molar-refractivity contribution in [2.45, 2.75) is 39.8 Å². The number of carbonyl (C=O) groups is 1. The lowest BCUT2D eigenvalue weighted by molar-refractivity contribution is -0.385. The summed E-state index contributed by atoms with van der Waals surface area (Å²) in [5.41, 5.74) is -0.194. The molecule has 1 rings (SSSR count). The standard InChI is InChI=1S/C13H17ClN2O3/c1-8(2)15(9(3)4)13(17)11-7-10(14)5-6-12(11)16(18)19/h5-9H,1-4H3. The van der Waals surface area contributed by atoms with Crippen LogP contribution in [0.3, 0.4) is 0 Å². The highest BCUT2D eigenvalue weighted by molar-refractivity contribution is 6.31. The molecule has 0 saturated heterocycles. The molecule has 0 aliphatic rings. The third kappa shape index (κ3) is 3.44. The fraction of sp³-hybridized carbons (Fsp3) is 0.462. The van der Waals surface area contributed by atoms with Crippen molar-refractivity contribution in [3.8, 4) is 0 Å². The highest BCUT2D eigenvalue weighted by atomic mass is 35.5. The molecule has 0 saturated carbocycles. The Morgan fingerprint density at radius 2 is 1.79 bits per heavy atom. The van der Waals surface area contributed by atoms with E-state index in [1.54, 1.807) is 4.90 Å². The van der Waals surface area contributed by atoms with Crippen molar-refractivity contribution >= 4 is 23.2 Å². The molecule has 104 valence electrons. The van der Waals surface area contributed by atoms with Gasteiger partial charge in [0, 0.05) is 23.2 Å². The second-order valence-corrected chi connectivity index (χ2v) is 5.25. The Morgan fingerprint density at radius 3 is 2.21 bits per heavy atom. The third-order valence-corrected chi connectivity index (χ3v) is 2.97. The Morgan fingerprint density at radius 1 is 1.26 bits per heavy atom. The highest BCUT2D eigenvalue weighted by Gasteiger charge is 2.28. The number of halogens is 1. The minimum atomic E-state index is -0.567. The Balaban J connectivity index is 3.31. The van der Waals surface area contributed by atoms with Gasteiger partial charge < -0.3 is 4.90 Å². The molecule has 0 radical (unpaired) electrons. The average molecular weight is 285 g/mol. The normalized spacial score (nSPS) is 10.9. The van der Waals surface area contributed by atoms with Gasteiger partial charge in [0.05, 0.1) is 4.92 Å². The van der Waals surface area contributed by atoms with Gasteiger partial charge in [0.2, 0.25) is 0 Å². The predicted octanol–water partition coefficient (Wildman–Crippen LogP) is 3.51. The van der Waals surface area contributed by atoms with E-state index in [4.69, 9.17) is 11.6 Å². The number of amides is 1. The number of hydrogen-bond donors (Lipinski definition) is 0. The van der Waals surface area contributed by atoms with Gasteiger partial charge >= 0.3 is 0 Å². The summed E-state index contributed by atoms with van der Waals surface area (Å²) in [6.07, 6.45) is 0. The molecular weight excluding hydrogens is 268 g/mol. The Labute approximate surface area is 117 Å². The highest BCUT2D eigenvalue weighted by Crippen LogP contribution is 2.25. The minimum Gasteiger partial charge on any atom is -0.334 e. The monoisotopic (exact) mass is 284 g/mol. The number of hydrogen-bond acceptors (Lipinski definition) is 3. The number of nitrogens with zero attached hydrogens (tertiary/aromatic N) is 2. The van der Waals surface area contributed by atoms with Gasteiger partial charge in [0.1, 0.15) is 5.56 Å². The van der Waals surface area contributed by atoms with Crippen molar-refractivity contribution in [2.75, 3.05) is 0 Å². The van der Waals surface area contributed by atoms with Crippen molar-refractivity contribution < 1.29 is 9.72 Å². The van der Waals surface area contributed by atoms with E-state index in [-0.39, 0.29) is 29.2 Å². The van der Waals surface area contributed by atoms with E-state index in [0.29, 0.717) is 5.02 Å². The van der Waals surface area contributed by atoms with Gasteiger partial charge in [-0.05, 0) is 39.8 Å². The predicted molar refractivity (Wildman–Crippen MR) is 74.5 cm³/mol. The van der Waals surface area contributed by atoms with Gasteiger partial charge in [0.25, 0.3) is 11.6 Å². The quantitative estimate of drug-likeness (QED) is 0.628. The lowest BCUT2D eigenvalue weighted by atomic mass is 10.1. The molecule has 19 heavy (non-hydrogen) atoms. The van der Waals surface area contributed by atoms with E-state index in [1.165, 1.54) is 18.2 Å². The fourth-order valence-corrected chi connectivity index (χ4v) is 2.22. The molecule has 1 aromatic carbocycles. The zero-order valence-electron chi connectivity index (χ0n) is 11.4. The molecule has 1 amide bonds. The summed E-state index contributed by atoms with van der Waals surface area (Å²) >= 11 is 5.84. The molecule has 0 aliphatic carbocycles. The van der Waals surface area contributed by atoms with Gasteiger partial charge in [-0.15, -0.1) is 0 Å². The molecule has 0 aromatic heterocycles. The smallest absolute Gasteiger partial charge is 0.282 e. The minimum absolute atomic E-state index is 0.0277. The molecule has 0 spiro atoms. The summed E-state index contributed by atoms with van der Waals surface area (Å²) in [5.74, 6) is -0.376. The van der Waals surface area contributed by atoms with E-state index < -0.39 is 4.92 Å². The summed E-state index contributed by atoms with van der Waals surface area (Å²) in [6, 6.07) is 3.91. The van der Waals surface area contributed by atoms with Crippen molar-refractivity contribution in [1.82, 2.24) is 4.90 Å². The van der Waals surface area contributed by atoms with Crippen LogP contribution >= 0.6 is 11.6 Å². The zero-order chi connectivity index (χ0) is 14.7. The van der Waals surface area contributed by atoms with Gasteiger partial charge in [-0.2, -0.15) is 0 Å². The summed E-state index contributed by atoms with van der Waals surface area (Å²) < 4.78 is 0. The largest absolute Gasteiger partial charge is 0.334 e. The molecular formula is C13H17ClN2O3. The molecule has 0 heterocycles. The van der Waals surface area contributed by atoms with Crippen LogP contribution < -0.4 is 0 Å². The van der Waals surface area contributed by atoms with Gasteiger partial charge in [0.15, 0.2) is 0 Å². The fourth-order valence-electron chi connectivity index (χ4n) is 2.04. The summed E-state index contributed by atoms with van der Waals surface area (Å²) in [4.78, 5) is 24.5. The van der Waals surface area contributed by atoms with Crippen molar-refractivity contribution in [2.24, 2.45) is 0 Å². The van der Waals surface area contributed by atoms with E-state index in [2.05, 4.69) is 0 Å². The number of benzene rings is 1. The van der Waals surface area contributed by atoms with E-state index in [9.17, 15) is 14.9 Å². The Bertz CT molecular complexity index is 493. The third-order valence-electron chi connectivity index (χ3n) is 2.73. The van der Waals surface area contributed by atoms with Gasteiger partial charge in [-0.25, -0.2) is 0 Å². The van der Waals surface area contributed by atoms with Crippen LogP contribution in [0.2, 0.25) is 5.02 Å². The lowest BCUT2D eigenvalue weighted by Crippen LogP contribution is -2.42. The summed E-state index contributed by atoms with van der Waals surface area (Å²) in [7, 11) is 0. The summed E-state index contributed by atoms with van der Waals surface area (Å²) in [5, 5.41) is 11.3. The van der Waals surface area contributed by atoms with Crippen molar-refractivity contribution in [3.63, 3.8) is 0 Å². The molecule has 1 aromatic rings. The Hall–Kier alpha value is -1.62. The first-order chi connectivity index (χ1) is 8.75. The van der Waals surface area contributed by atoms with Crippen LogP contribution in [-0.2, 0) is 0 Å². The lowest BCUT2D eigenvalue weighted by Gasteiger charge is -2.30. The molecule has 0 unspecified atom stereocenters. The topological polar surface area (TPSA) is 63.5 Å². The van der Waals surface area contributed by atoms with Crippen molar-refractivity contribution in [1.29, 1.82) is 0 Å². The van der Waals surface area contributed by atoms with Crippen LogP contribution in [0.15, 0.2) is 18.2 Å². The second kappa shape index (κ2) is 6.02. The van der Waals surface area contributed by atoms with Gasteiger partial charge in [-0.1, -0.05) is 11.6 Å². The zero-order valence-corrected chi connectivity index (χ0v) is 12.1. The molecule has 0 atom stereocenters. The van der Waals surface area contributed by atoms with Gasteiger partial charge in [-0.3, -0.25) is 14.9 Å². The maximum Gasteiger partial charge on any atom is 0.282 e. The van der Waals surface area contributed by atoms with Crippen LogP contribution in [0.25, 0.3) is 0 Å². The maximum absolute atomic E-state index is 12.5. The molecule has 5 nitrogen and oxygen atoms in total. The average Bonchev–Trinajstić information content (AvgIpc) is 2.27. The van der Waals surface area contributed by atoms with Crippen LogP contribution in [0.4, 0.5) is 5.69 Å². The molecule has 0 fully saturated rings. The first-order valence-electron chi connectivity index (χ1n) is 6.02. The van der Waals surface area contributed by atoms with E-state index >= 15 is 0 Å². The second-order valence-electron chi connectivity index (χ2n) is 4.82. The molecule has 6 heteroatoms. The number of rotatable bonds is 4. The number of carbonyl (C=O) groups excluding carboxylic acids is 1. The SMILES string of the molecule is CC(C)N(C(=O)c1cc(Cl)ccc1[N+](=O)[O-])C(C)C. The molecule has 0 aliphatic heterocycles. The van der Waals surface area contributed by atoms with Crippen LogP contribution in [0.1, 0.15) is 38.1 Å². The van der Waals surface area contributed by atoms with Crippen LogP contribution in [0.5, 0.6) is 0 Å². The van der Waals surface area contributed by atoms with E-state index in [1.807, 2.05) is 27.7 Å². The first kappa shape index (κ1) is 15.4. The maximum atomic E-state index is 12.5. The molecule has 0 bridgehead atoms. The van der Waals surface area contributed by atoms with E-state index in [0.717, 1.165) is 0 Å². The number of nitro benzene ring substituents is 1. The molecule has 0 N–H and O–H groups in total.